The van der Waals surface area contributed by atoms with Crippen LogP contribution < -0.4 is 0 Å². The topological polar surface area (TPSA) is 84.6 Å². The molecule has 0 fully saturated rings. The van der Waals surface area contributed by atoms with Crippen molar-refractivity contribution in [3.63, 3.8) is 0 Å². The number of hydrogen-bond donors (Lipinski definition) is 1. The second kappa shape index (κ2) is 4.23. The highest BCUT2D eigenvalue weighted by atomic mass is 15.5. The minimum Gasteiger partial charge on any atom is -0.235 e. The lowest BCUT2D eigenvalue weighted by atomic mass is 10.0. The maximum absolute atomic E-state index is 4.34. The Hall–Kier alpha value is -3.09. The van der Waals surface area contributed by atoms with Gasteiger partial charge in [0.05, 0.1) is 0 Å². The molecular weight excluding hydrogens is 254 g/mol. The van der Waals surface area contributed by atoms with Gasteiger partial charge in [-0.2, -0.15) is 10.3 Å². The van der Waals surface area contributed by atoms with Gasteiger partial charge in [0.15, 0.2) is 5.65 Å². The Morgan fingerprint density at radius 3 is 2.90 bits per heavy atom. The van der Waals surface area contributed by atoms with Crippen LogP contribution in [0.3, 0.4) is 0 Å². The van der Waals surface area contributed by atoms with Gasteiger partial charge in [-0.25, -0.2) is 9.50 Å². The molecule has 0 aliphatic carbocycles. The van der Waals surface area contributed by atoms with Gasteiger partial charge < -0.3 is 0 Å². The van der Waals surface area contributed by atoms with Crippen molar-refractivity contribution in [2.45, 2.75) is 0 Å². The molecule has 0 bridgehead atoms. The molecule has 4 aromatic rings. The number of tetrazole rings is 1. The molecule has 20 heavy (non-hydrogen) atoms. The van der Waals surface area contributed by atoms with E-state index in [-0.39, 0.29) is 0 Å². The first-order valence-corrected chi connectivity index (χ1v) is 6.04. The lowest BCUT2D eigenvalue weighted by molar-refractivity contribution is 0.881. The van der Waals surface area contributed by atoms with Gasteiger partial charge in [0.2, 0.25) is 5.82 Å². The third kappa shape index (κ3) is 1.64. The summed E-state index contributed by atoms with van der Waals surface area (Å²) in [5.41, 5.74) is 3.76. The van der Waals surface area contributed by atoms with Crippen LogP contribution in [0.4, 0.5) is 0 Å². The highest BCUT2D eigenvalue weighted by molar-refractivity contribution is 5.79. The highest BCUT2D eigenvalue weighted by Gasteiger charge is 2.08. The molecule has 0 spiro atoms. The summed E-state index contributed by atoms with van der Waals surface area (Å²) in [6, 6.07) is 9.87. The highest BCUT2D eigenvalue weighted by Crippen LogP contribution is 2.26. The number of nitrogens with one attached hydrogen (secondary N) is 1. The predicted molar refractivity (Wildman–Crippen MR) is 71.6 cm³/mol. The summed E-state index contributed by atoms with van der Waals surface area (Å²) >= 11 is 0. The molecular formula is C13H9N7. The smallest absolute Gasteiger partial charge is 0.204 e. The quantitative estimate of drug-likeness (QED) is 0.593. The normalized spacial score (nSPS) is 11.0. The predicted octanol–water partition coefficient (Wildman–Crippen LogP) is 1.58. The average molecular weight is 263 g/mol. The zero-order valence-corrected chi connectivity index (χ0v) is 10.3. The van der Waals surface area contributed by atoms with Gasteiger partial charge >= 0.3 is 0 Å². The third-order valence-electron chi connectivity index (χ3n) is 3.07. The fourth-order valence-electron chi connectivity index (χ4n) is 2.17. The van der Waals surface area contributed by atoms with E-state index in [0.29, 0.717) is 5.82 Å². The van der Waals surface area contributed by atoms with E-state index in [9.17, 15) is 0 Å². The van der Waals surface area contributed by atoms with Crippen molar-refractivity contribution in [1.29, 1.82) is 0 Å². The zero-order valence-electron chi connectivity index (χ0n) is 10.3. The average Bonchev–Trinajstić information content (AvgIpc) is 3.18. The van der Waals surface area contributed by atoms with Crippen molar-refractivity contribution in [1.82, 2.24) is 35.2 Å². The Bertz CT molecular complexity index is 863. The van der Waals surface area contributed by atoms with E-state index in [0.717, 1.165) is 22.3 Å². The van der Waals surface area contributed by atoms with Crippen LogP contribution >= 0.6 is 0 Å². The van der Waals surface area contributed by atoms with Crippen LogP contribution in [0, 0.1) is 0 Å². The summed E-state index contributed by atoms with van der Waals surface area (Å²) in [7, 11) is 0. The SMILES string of the molecule is c1cc(-c2nn[nH]n2)cc(-c2ccnn3ccnc23)c1. The number of aromatic nitrogens is 7. The molecule has 0 saturated heterocycles. The van der Waals surface area contributed by atoms with Crippen molar-refractivity contribution < 1.29 is 0 Å². The molecule has 7 nitrogen and oxygen atoms in total. The van der Waals surface area contributed by atoms with Gasteiger partial charge in [-0.1, -0.05) is 18.2 Å². The van der Waals surface area contributed by atoms with Gasteiger partial charge in [0.1, 0.15) is 0 Å². The molecule has 96 valence electrons. The van der Waals surface area contributed by atoms with E-state index in [2.05, 4.69) is 30.7 Å². The lowest BCUT2D eigenvalue weighted by Crippen LogP contribution is -1.92. The fourth-order valence-corrected chi connectivity index (χ4v) is 2.17. The van der Waals surface area contributed by atoms with Crippen molar-refractivity contribution in [2.75, 3.05) is 0 Å². The molecule has 0 unspecified atom stereocenters. The number of benzene rings is 1. The number of fused-ring (bicyclic) bond motifs is 1. The summed E-state index contributed by atoms with van der Waals surface area (Å²) in [6.07, 6.45) is 5.31. The van der Waals surface area contributed by atoms with E-state index < -0.39 is 0 Å². The Labute approximate surface area is 113 Å². The maximum Gasteiger partial charge on any atom is 0.204 e. The molecule has 0 amide bonds. The van der Waals surface area contributed by atoms with E-state index in [1.54, 1.807) is 16.9 Å². The standard InChI is InChI=1S/C13H9N7/c1-2-9(8-10(3-1)12-16-18-19-17-12)11-4-5-15-20-7-6-14-13(11)20/h1-8H,(H,16,17,18,19). The Morgan fingerprint density at radius 1 is 1.05 bits per heavy atom. The van der Waals surface area contributed by atoms with Crippen LogP contribution in [0.5, 0.6) is 0 Å². The molecule has 4 rings (SSSR count). The van der Waals surface area contributed by atoms with Gasteiger partial charge in [-0.3, -0.25) is 0 Å². The number of nitrogens with zero attached hydrogens (tertiary/aromatic N) is 6. The minimum absolute atomic E-state index is 0.570. The van der Waals surface area contributed by atoms with Crippen LogP contribution in [0.2, 0.25) is 0 Å². The number of hydrogen-bond acceptors (Lipinski definition) is 5. The van der Waals surface area contributed by atoms with E-state index >= 15 is 0 Å². The number of aromatic amines is 1. The van der Waals surface area contributed by atoms with Crippen molar-refractivity contribution in [2.24, 2.45) is 0 Å². The Morgan fingerprint density at radius 2 is 2.00 bits per heavy atom. The number of rotatable bonds is 2. The number of H-pyrrole nitrogens is 1. The first-order chi connectivity index (χ1) is 9.92. The monoisotopic (exact) mass is 263 g/mol. The van der Waals surface area contributed by atoms with Gasteiger partial charge in [-0.05, 0) is 22.9 Å². The Balaban J connectivity index is 1.91. The van der Waals surface area contributed by atoms with Crippen LogP contribution in [-0.2, 0) is 0 Å². The van der Waals surface area contributed by atoms with Crippen molar-refractivity contribution in [3.8, 4) is 22.5 Å². The molecule has 3 aromatic heterocycles. The maximum atomic E-state index is 4.34. The molecule has 1 aromatic carbocycles. The van der Waals surface area contributed by atoms with Crippen molar-refractivity contribution in [3.05, 3.63) is 48.9 Å². The second-order valence-corrected chi connectivity index (χ2v) is 4.26. The molecule has 7 heteroatoms. The van der Waals surface area contributed by atoms with Crippen LogP contribution in [0.1, 0.15) is 0 Å². The first-order valence-electron chi connectivity index (χ1n) is 6.04. The summed E-state index contributed by atoms with van der Waals surface area (Å²) in [5, 5.41) is 18.2. The Kier molecular flexibility index (Phi) is 2.28. The molecule has 3 heterocycles. The third-order valence-corrected chi connectivity index (χ3v) is 3.07. The van der Waals surface area contributed by atoms with E-state index in [1.165, 1.54) is 0 Å². The van der Waals surface area contributed by atoms with E-state index in [1.807, 2.05) is 36.5 Å². The largest absolute Gasteiger partial charge is 0.235 e. The van der Waals surface area contributed by atoms with Crippen LogP contribution in [0.25, 0.3) is 28.2 Å². The summed E-state index contributed by atoms with van der Waals surface area (Å²) in [6.45, 7) is 0. The molecule has 0 radical (unpaired) electrons. The molecule has 0 saturated carbocycles. The molecule has 0 aliphatic heterocycles. The summed E-state index contributed by atoms with van der Waals surface area (Å²) in [4.78, 5) is 4.34. The molecule has 1 N–H and O–H groups in total. The van der Waals surface area contributed by atoms with Gasteiger partial charge in [0.25, 0.3) is 0 Å². The van der Waals surface area contributed by atoms with Gasteiger partial charge in [0, 0.05) is 29.7 Å². The van der Waals surface area contributed by atoms with Gasteiger partial charge in [-0.15, -0.1) is 10.2 Å². The first kappa shape index (κ1) is 10.8. The summed E-state index contributed by atoms with van der Waals surface area (Å²) < 4.78 is 1.75. The molecule has 0 aliphatic rings. The molecule has 0 atom stereocenters. The second-order valence-electron chi connectivity index (χ2n) is 4.26. The minimum atomic E-state index is 0.570. The fraction of sp³-hybridized carbons (Fsp3) is 0. The zero-order chi connectivity index (χ0) is 13.4. The summed E-state index contributed by atoms with van der Waals surface area (Å²) in [5.74, 6) is 0.570. The lowest BCUT2D eigenvalue weighted by Gasteiger charge is -2.04. The van der Waals surface area contributed by atoms with Crippen molar-refractivity contribution >= 4 is 5.65 Å². The van der Waals surface area contributed by atoms with E-state index in [4.69, 9.17) is 0 Å². The number of imidazole rings is 1. The van der Waals surface area contributed by atoms with Crippen LogP contribution in [-0.4, -0.2) is 35.2 Å². The van der Waals surface area contributed by atoms with Crippen LogP contribution in [0.15, 0.2) is 48.9 Å².